The van der Waals surface area contributed by atoms with Gasteiger partial charge in [0.05, 0.1) is 39.0 Å². The second-order valence-corrected chi connectivity index (χ2v) is 13.2. The summed E-state index contributed by atoms with van der Waals surface area (Å²) in [6.45, 7) is 7.71. The van der Waals surface area contributed by atoms with Gasteiger partial charge in [0.25, 0.3) is 0 Å². The fraction of sp³-hybridized carbons (Fsp3) is 0.143. The van der Waals surface area contributed by atoms with Crippen molar-refractivity contribution in [2.24, 2.45) is 0 Å². The predicted molar refractivity (Wildman–Crippen MR) is 190 cm³/mol. The summed E-state index contributed by atoms with van der Waals surface area (Å²) in [6.07, 6.45) is -9.62. The van der Waals surface area contributed by atoms with E-state index < -0.39 is 23.5 Å². The minimum atomic E-state index is -4.93. The van der Waals surface area contributed by atoms with Gasteiger partial charge in [0.15, 0.2) is 0 Å². The van der Waals surface area contributed by atoms with Crippen LogP contribution in [0.25, 0.3) is 66.1 Å². The molecule has 250 valence electrons. The molecule has 0 radical (unpaired) electrons. The zero-order valence-electron chi connectivity index (χ0n) is 27.6. The maximum Gasteiger partial charge on any atom is 0.420 e. The van der Waals surface area contributed by atoms with Crippen molar-refractivity contribution in [1.82, 2.24) is 9.13 Å². The molecule has 2 nitrogen and oxygen atoms in total. The van der Waals surface area contributed by atoms with Crippen LogP contribution in [-0.2, 0) is 12.4 Å². The van der Waals surface area contributed by atoms with Gasteiger partial charge < -0.3 is 9.13 Å². The molecule has 0 N–H and O–H groups in total. The van der Waals surface area contributed by atoms with E-state index in [1.165, 1.54) is 24.3 Å². The number of alkyl halides is 6. The number of nitrogens with zero attached hydrogens (tertiary/aromatic N) is 2. The van der Waals surface area contributed by atoms with E-state index in [1.54, 1.807) is 21.3 Å². The first-order chi connectivity index (χ1) is 23.7. The van der Waals surface area contributed by atoms with E-state index in [2.05, 4.69) is 0 Å². The molecule has 0 unspecified atom stereocenters. The van der Waals surface area contributed by atoms with Crippen molar-refractivity contribution in [3.8, 4) is 22.5 Å². The van der Waals surface area contributed by atoms with Crippen LogP contribution in [0.3, 0.4) is 0 Å². The van der Waals surface area contributed by atoms with Crippen LogP contribution in [0.1, 0.15) is 33.4 Å². The molecule has 8 heteroatoms. The number of fused-ring (bicyclic) bond motifs is 6. The van der Waals surface area contributed by atoms with Gasteiger partial charge in [-0.2, -0.15) is 26.3 Å². The van der Waals surface area contributed by atoms with Crippen molar-refractivity contribution in [3.05, 3.63) is 143 Å². The van der Waals surface area contributed by atoms with E-state index in [0.717, 1.165) is 55.9 Å². The van der Waals surface area contributed by atoms with Crippen LogP contribution >= 0.6 is 0 Å². The average molecular weight is 677 g/mol. The third-order valence-corrected chi connectivity index (χ3v) is 9.56. The number of aryl methyl sites for hydroxylation is 4. The van der Waals surface area contributed by atoms with Crippen LogP contribution in [0.5, 0.6) is 0 Å². The maximum absolute atomic E-state index is 16.1. The number of aromatic nitrogens is 2. The Labute approximate surface area is 283 Å². The molecule has 0 saturated heterocycles. The quantitative estimate of drug-likeness (QED) is 0.165. The number of hydrogen-bond acceptors (Lipinski definition) is 0. The summed E-state index contributed by atoms with van der Waals surface area (Å²) in [4.78, 5) is 0. The summed E-state index contributed by atoms with van der Waals surface area (Å²) in [6, 6.07) is 29.9. The molecule has 0 fully saturated rings. The SMILES string of the molecule is Cc1ccc2c(c1)c1cc(C)ccc1n2-c1ccc(-c2cccc(C(F)(F)F)c2)c(-n2c3ccc(C)cc3c3cc(C)ccc32)c1C(F)(F)F. The van der Waals surface area contributed by atoms with E-state index in [1.807, 2.05) is 88.4 Å². The minimum Gasteiger partial charge on any atom is -0.309 e. The molecule has 0 amide bonds. The van der Waals surface area contributed by atoms with Crippen LogP contribution in [-0.4, -0.2) is 9.13 Å². The summed E-state index contributed by atoms with van der Waals surface area (Å²) in [5.41, 5.74) is 3.79. The highest BCUT2D eigenvalue weighted by Crippen LogP contribution is 2.48. The number of benzene rings is 6. The first-order valence-corrected chi connectivity index (χ1v) is 16.2. The molecule has 0 saturated carbocycles. The lowest BCUT2D eigenvalue weighted by molar-refractivity contribution is -0.138. The van der Waals surface area contributed by atoms with Gasteiger partial charge in [-0.25, -0.2) is 0 Å². The van der Waals surface area contributed by atoms with Crippen LogP contribution in [0.2, 0.25) is 0 Å². The van der Waals surface area contributed by atoms with Crippen molar-refractivity contribution >= 4 is 43.6 Å². The highest BCUT2D eigenvalue weighted by molar-refractivity contribution is 6.12. The Morgan fingerprint density at radius 2 is 0.880 bits per heavy atom. The second kappa shape index (κ2) is 11.0. The highest BCUT2D eigenvalue weighted by Gasteiger charge is 2.41. The van der Waals surface area contributed by atoms with Crippen molar-refractivity contribution in [1.29, 1.82) is 0 Å². The van der Waals surface area contributed by atoms with Gasteiger partial charge >= 0.3 is 12.4 Å². The molecule has 2 aromatic heterocycles. The topological polar surface area (TPSA) is 9.86 Å². The normalized spacial score (nSPS) is 12.6. The van der Waals surface area contributed by atoms with Crippen molar-refractivity contribution in [2.45, 2.75) is 40.0 Å². The molecule has 0 aliphatic rings. The second-order valence-electron chi connectivity index (χ2n) is 13.2. The first kappa shape index (κ1) is 31.7. The summed E-state index contributed by atoms with van der Waals surface area (Å²) < 4.78 is 93.6. The Hall–Kier alpha value is -5.50. The fourth-order valence-electron chi connectivity index (χ4n) is 7.38. The summed E-state index contributed by atoms with van der Waals surface area (Å²) in [7, 11) is 0. The lowest BCUT2D eigenvalue weighted by Gasteiger charge is -2.24. The zero-order chi connectivity index (χ0) is 35.3. The van der Waals surface area contributed by atoms with Crippen molar-refractivity contribution in [3.63, 3.8) is 0 Å². The lowest BCUT2D eigenvalue weighted by atomic mass is 9.95. The fourth-order valence-corrected chi connectivity index (χ4v) is 7.38. The van der Waals surface area contributed by atoms with Crippen LogP contribution in [0.15, 0.2) is 109 Å². The van der Waals surface area contributed by atoms with Gasteiger partial charge in [0, 0.05) is 27.1 Å². The van der Waals surface area contributed by atoms with Gasteiger partial charge in [-0.3, -0.25) is 0 Å². The molecule has 0 atom stereocenters. The van der Waals surface area contributed by atoms with Crippen LogP contribution in [0.4, 0.5) is 26.3 Å². The molecule has 0 spiro atoms. The summed E-state index contributed by atoms with van der Waals surface area (Å²) in [5, 5.41) is 3.12. The van der Waals surface area contributed by atoms with E-state index in [-0.39, 0.29) is 22.5 Å². The van der Waals surface area contributed by atoms with E-state index in [0.29, 0.717) is 22.1 Å². The molecule has 2 heterocycles. The Balaban J connectivity index is 1.60. The van der Waals surface area contributed by atoms with Gasteiger partial charge in [-0.1, -0.05) is 64.7 Å². The molecular weight excluding hydrogens is 646 g/mol. The van der Waals surface area contributed by atoms with Crippen LogP contribution in [0, 0.1) is 27.7 Å². The molecule has 0 aliphatic carbocycles. The maximum atomic E-state index is 16.1. The molecule has 6 aromatic carbocycles. The van der Waals surface area contributed by atoms with Crippen molar-refractivity contribution in [2.75, 3.05) is 0 Å². The van der Waals surface area contributed by atoms with E-state index >= 15 is 13.2 Å². The number of halogens is 6. The average Bonchev–Trinajstić information content (AvgIpc) is 3.54. The van der Waals surface area contributed by atoms with Gasteiger partial charge in [-0.05, 0) is 100.0 Å². The van der Waals surface area contributed by atoms with Crippen molar-refractivity contribution < 1.29 is 26.3 Å². The van der Waals surface area contributed by atoms with Gasteiger partial charge in [-0.15, -0.1) is 0 Å². The highest BCUT2D eigenvalue weighted by atomic mass is 19.4. The molecular formula is C42H30F6N2. The first-order valence-electron chi connectivity index (χ1n) is 16.2. The number of rotatable bonds is 3. The summed E-state index contributed by atoms with van der Waals surface area (Å²) in [5.74, 6) is 0. The monoisotopic (exact) mass is 676 g/mol. The van der Waals surface area contributed by atoms with Gasteiger partial charge in [0.2, 0.25) is 0 Å². The Bertz CT molecular complexity index is 2550. The van der Waals surface area contributed by atoms with E-state index in [4.69, 9.17) is 0 Å². The van der Waals surface area contributed by atoms with E-state index in [9.17, 15) is 13.2 Å². The Morgan fingerprint density at radius 3 is 1.30 bits per heavy atom. The molecule has 8 aromatic rings. The third-order valence-electron chi connectivity index (χ3n) is 9.56. The molecule has 0 bridgehead atoms. The zero-order valence-corrected chi connectivity index (χ0v) is 27.6. The summed E-state index contributed by atoms with van der Waals surface area (Å²) >= 11 is 0. The van der Waals surface area contributed by atoms with Crippen LogP contribution < -0.4 is 0 Å². The molecule has 50 heavy (non-hydrogen) atoms. The standard InChI is InChI=1S/C42H30F6N2/c1-23-8-13-34-30(18-23)31-19-24(2)9-14-35(31)49(34)38-17-12-29(27-6-5-7-28(22-27)41(43,44)45)40(39(38)42(46,47)48)50-36-15-10-25(3)20-32(36)33-21-26(4)11-16-37(33)50/h5-22H,1-4H3. The predicted octanol–water partition coefficient (Wildman–Crippen LogP) is 12.8. The van der Waals surface area contributed by atoms with Gasteiger partial charge in [0.1, 0.15) is 5.56 Å². The largest absolute Gasteiger partial charge is 0.420 e. The Kier molecular flexibility index (Phi) is 6.99. The smallest absolute Gasteiger partial charge is 0.309 e. The molecule has 0 aliphatic heterocycles. The lowest BCUT2D eigenvalue weighted by Crippen LogP contribution is -2.17. The molecule has 8 rings (SSSR count). The third kappa shape index (κ3) is 4.96. The Morgan fingerprint density at radius 1 is 0.440 bits per heavy atom. The minimum absolute atomic E-state index is 0.0228. The number of hydrogen-bond donors (Lipinski definition) is 0.